The van der Waals surface area contributed by atoms with Crippen LogP contribution in [0.2, 0.25) is 5.02 Å². The number of thiophene rings is 1. The largest absolute Gasteiger partial charge is 0.573 e. The average molecular weight is 412 g/mol. The number of benzene rings is 2. The van der Waals surface area contributed by atoms with Gasteiger partial charge in [0.25, 0.3) is 5.91 Å². The van der Waals surface area contributed by atoms with Gasteiger partial charge in [-0.15, -0.1) is 24.5 Å². The summed E-state index contributed by atoms with van der Waals surface area (Å²) in [5.74, 6) is -0.635. The van der Waals surface area contributed by atoms with Gasteiger partial charge in [0.2, 0.25) is 0 Å². The fourth-order valence-corrected chi connectivity index (χ4v) is 3.49. The molecule has 0 aliphatic rings. The summed E-state index contributed by atoms with van der Waals surface area (Å²) < 4.78 is 40.7. The van der Waals surface area contributed by atoms with Crippen molar-refractivity contribution >= 4 is 28.8 Å². The summed E-state index contributed by atoms with van der Waals surface area (Å²) in [5, 5.41) is 3.29. The molecule has 1 aromatic heterocycles. The Labute approximate surface area is 162 Å². The minimum Gasteiger partial charge on any atom is -0.406 e. The molecule has 0 aliphatic heterocycles. The fourth-order valence-electron chi connectivity index (χ4n) is 2.38. The number of ether oxygens (including phenoxy) is 1. The molecule has 140 valence electrons. The normalized spacial score (nSPS) is 11.3. The van der Waals surface area contributed by atoms with Crippen molar-refractivity contribution in [2.24, 2.45) is 0 Å². The molecule has 1 amide bonds. The molecular weight excluding hydrogens is 399 g/mol. The van der Waals surface area contributed by atoms with Crippen LogP contribution in [0.3, 0.4) is 0 Å². The fraction of sp³-hybridized carbons (Fsp3) is 0.105. The lowest BCUT2D eigenvalue weighted by Gasteiger charge is -2.10. The molecule has 0 saturated heterocycles. The van der Waals surface area contributed by atoms with Crippen LogP contribution in [-0.2, 0) is 6.54 Å². The molecule has 0 unspecified atom stereocenters. The first kappa shape index (κ1) is 19.3. The van der Waals surface area contributed by atoms with Crippen LogP contribution in [0.4, 0.5) is 13.2 Å². The van der Waals surface area contributed by atoms with Gasteiger partial charge >= 0.3 is 6.36 Å². The van der Waals surface area contributed by atoms with E-state index in [2.05, 4.69) is 10.1 Å². The first-order valence-corrected chi connectivity index (χ1v) is 8.98. The van der Waals surface area contributed by atoms with Crippen molar-refractivity contribution in [3.8, 4) is 16.2 Å². The van der Waals surface area contributed by atoms with Gasteiger partial charge in [-0.05, 0) is 47.5 Å². The highest BCUT2D eigenvalue weighted by Gasteiger charge is 2.31. The SMILES string of the molecule is O=C(NCc1cccc(OC(F)(F)F)c1)c1ccc(-c2cccc(Cl)c2)s1. The summed E-state index contributed by atoms with van der Waals surface area (Å²) in [6.07, 6.45) is -4.75. The molecule has 0 fully saturated rings. The molecule has 2 aromatic carbocycles. The zero-order chi connectivity index (χ0) is 19.4. The van der Waals surface area contributed by atoms with Gasteiger partial charge in [0.1, 0.15) is 5.75 Å². The maximum Gasteiger partial charge on any atom is 0.573 e. The van der Waals surface area contributed by atoms with E-state index in [1.54, 1.807) is 24.3 Å². The highest BCUT2D eigenvalue weighted by Crippen LogP contribution is 2.30. The first-order valence-electron chi connectivity index (χ1n) is 7.79. The van der Waals surface area contributed by atoms with E-state index in [-0.39, 0.29) is 18.2 Å². The Bertz CT molecular complexity index is 956. The third kappa shape index (κ3) is 5.48. The minimum absolute atomic E-state index is 0.0816. The van der Waals surface area contributed by atoms with Crippen LogP contribution in [-0.4, -0.2) is 12.3 Å². The van der Waals surface area contributed by atoms with E-state index >= 15 is 0 Å². The quantitative estimate of drug-likeness (QED) is 0.568. The molecule has 1 N–H and O–H groups in total. The summed E-state index contributed by atoms with van der Waals surface area (Å²) in [5.41, 5.74) is 1.40. The molecule has 3 nitrogen and oxygen atoms in total. The van der Waals surface area contributed by atoms with Gasteiger partial charge in [-0.1, -0.05) is 35.9 Å². The number of carbonyl (C=O) groups excluding carboxylic acids is 1. The van der Waals surface area contributed by atoms with Crippen molar-refractivity contribution in [3.05, 3.63) is 76.1 Å². The van der Waals surface area contributed by atoms with Crippen molar-refractivity contribution in [2.45, 2.75) is 12.9 Å². The molecular formula is C19H13ClF3NO2S. The van der Waals surface area contributed by atoms with Gasteiger partial charge in [0.05, 0.1) is 4.88 Å². The van der Waals surface area contributed by atoms with Gasteiger partial charge in [0.15, 0.2) is 0 Å². The van der Waals surface area contributed by atoms with Crippen LogP contribution in [0.1, 0.15) is 15.2 Å². The maximum atomic E-state index is 12.3. The Hall–Kier alpha value is -2.51. The lowest BCUT2D eigenvalue weighted by molar-refractivity contribution is -0.274. The minimum atomic E-state index is -4.75. The van der Waals surface area contributed by atoms with Crippen molar-refractivity contribution in [3.63, 3.8) is 0 Å². The van der Waals surface area contributed by atoms with Crippen LogP contribution in [0.5, 0.6) is 5.75 Å². The standard InChI is InChI=1S/C19H13ClF3NO2S/c20-14-5-2-4-13(10-14)16-7-8-17(27-16)18(25)24-11-12-3-1-6-15(9-12)26-19(21,22)23/h1-10H,11H2,(H,24,25). The van der Waals surface area contributed by atoms with E-state index < -0.39 is 6.36 Å². The monoisotopic (exact) mass is 411 g/mol. The van der Waals surface area contributed by atoms with E-state index in [4.69, 9.17) is 11.6 Å². The van der Waals surface area contributed by atoms with Crippen LogP contribution >= 0.6 is 22.9 Å². The van der Waals surface area contributed by atoms with Gasteiger partial charge in [-0.25, -0.2) is 0 Å². The summed E-state index contributed by atoms with van der Waals surface area (Å²) in [6.45, 7) is 0.0816. The van der Waals surface area contributed by atoms with Gasteiger partial charge in [-0.3, -0.25) is 4.79 Å². The molecule has 0 bridgehead atoms. The van der Waals surface area contributed by atoms with E-state index in [1.165, 1.54) is 29.5 Å². The second-order valence-electron chi connectivity index (χ2n) is 5.55. The molecule has 0 spiro atoms. The number of hydrogen-bond acceptors (Lipinski definition) is 3. The van der Waals surface area contributed by atoms with Crippen molar-refractivity contribution in [1.82, 2.24) is 5.32 Å². The Morgan fingerprint density at radius 1 is 1.07 bits per heavy atom. The first-order chi connectivity index (χ1) is 12.8. The van der Waals surface area contributed by atoms with E-state index in [0.29, 0.717) is 15.5 Å². The number of rotatable bonds is 5. The number of hydrogen-bond donors (Lipinski definition) is 1. The van der Waals surface area contributed by atoms with E-state index in [0.717, 1.165) is 10.4 Å². The van der Waals surface area contributed by atoms with Crippen LogP contribution < -0.4 is 10.1 Å². The van der Waals surface area contributed by atoms with Crippen molar-refractivity contribution in [1.29, 1.82) is 0 Å². The second kappa shape index (κ2) is 8.02. The number of amides is 1. The van der Waals surface area contributed by atoms with Crippen LogP contribution in [0, 0.1) is 0 Å². The lowest BCUT2D eigenvalue weighted by Crippen LogP contribution is -2.22. The van der Waals surface area contributed by atoms with Gasteiger partial charge in [-0.2, -0.15) is 0 Å². The molecule has 0 saturated carbocycles. The Morgan fingerprint density at radius 3 is 2.59 bits per heavy atom. The molecule has 3 aromatic rings. The Morgan fingerprint density at radius 2 is 1.85 bits per heavy atom. The number of halogens is 4. The molecule has 1 heterocycles. The second-order valence-corrected chi connectivity index (χ2v) is 7.07. The number of nitrogens with one attached hydrogen (secondary N) is 1. The topological polar surface area (TPSA) is 38.3 Å². The van der Waals surface area contributed by atoms with Crippen molar-refractivity contribution in [2.75, 3.05) is 0 Å². The highest BCUT2D eigenvalue weighted by atomic mass is 35.5. The van der Waals surface area contributed by atoms with Crippen molar-refractivity contribution < 1.29 is 22.7 Å². The molecule has 0 aliphatic carbocycles. The Kier molecular flexibility index (Phi) is 5.72. The zero-order valence-corrected chi connectivity index (χ0v) is 15.3. The molecule has 0 atom stereocenters. The number of alkyl halides is 3. The third-order valence-electron chi connectivity index (χ3n) is 3.52. The summed E-state index contributed by atoms with van der Waals surface area (Å²) in [7, 11) is 0. The smallest absolute Gasteiger partial charge is 0.406 e. The zero-order valence-electron chi connectivity index (χ0n) is 13.7. The maximum absolute atomic E-state index is 12.3. The summed E-state index contributed by atoms with van der Waals surface area (Å²) in [4.78, 5) is 13.7. The average Bonchev–Trinajstić information content (AvgIpc) is 3.09. The number of carbonyl (C=O) groups is 1. The van der Waals surface area contributed by atoms with E-state index in [9.17, 15) is 18.0 Å². The van der Waals surface area contributed by atoms with Crippen LogP contribution in [0.25, 0.3) is 10.4 Å². The van der Waals surface area contributed by atoms with Crippen LogP contribution in [0.15, 0.2) is 60.7 Å². The lowest BCUT2D eigenvalue weighted by atomic mass is 10.2. The predicted octanol–water partition coefficient (Wildman–Crippen LogP) is 5.90. The summed E-state index contributed by atoms with van der Waals surface area (Å²) in [6, 6.07) is 16.3. The molecule has 0 radical (unpaired) electrons. The molecule has 3 rings (SSSR count). The molecule has 8 heteroatoms. The molecule has 27 heavy (non-hydrogen) atoms. The van der Waals surface area contributed by atoms with E-state index in [1.807, 2.05) is 18.2 Å². The Balaban J connectivity index is 1.64. The predicted molar refractivity (Wildman–Crippen MR) is 99.1 cm³/mol. The van der Waals surface area contributed by atoms with Gasteiger partial charge in [0, 0.05) is 16.4 Å². The highest BCUT2D eigenvalue weighted by molar-refractivity contribution is 7.17. The third-order valence-corrected chi connectivity index (χ3v) is 4.89. The van der Waals surface area contributed by atoms with Gasteiger partial charge < -0.3 is 10.1 Å². The summed E-state index contributed by atoms with van der Waals surface area (Å²) >= 11 is 7.28.